The van der Waals surface area contributed by atoms with Crippen LogP contribution in [0, 0.1) is 23.3 Å². The molecular weight excluding hydrogens is 869 g/mol. The van der Waals surface area contributed by atoms with Crippen molar-refractivity contribution < 1.29 is 17.6 Å². The molecule has 0 aliphatic rings. The van der Waals surface area contributed by atoms with E-state index < -0.39 is 23.3 Å². The SMILES string of the molecule is CC(C)(C)c1ccc(-c2cc3c(-c4cc(F)cc(F)c4)c4cc(-c5ccc(C(C)(C)C)cc5)c(-c5ccc(C(C)(C)C)cc5)cc4c(-c4cc(F)cc(F)c4)c3cc2-c2ccc(C(C)(C)C)cc2)cc1. The predicted octanol–water partition coefficient (Wildman–Crippen LogP) is 19.7. The molecule has 0 unspecified atom stereocenters. The van der Waals surface area contributed by atoms with Crippen molar-refractivity contribution in [3.8, 4) is 66.8 Å². The van der Waals surface area contributed by atoms with Gasteiger partial charge < -0.3 is 0 Å². The first-order chi connectivity index (χ1) is 32.8. The molecule has 0 saturated heterocycles. The van der Waals surface area contributed by atoms with Gasteiger partial charge in [-0.15, -0.1) is 0 Å². The van der Waals surface area contributed by atoms with Crippen LogP contribution in [0.15, 0.2) is 158 Å². The van der Waals surface area contributed by atoms with E-state index in [4.69, 9.17) is 0 Å². The van der Waals surface area contributed by atoms with Crippen LogP contribution in [-0.2, 0) is 21.7 Å². The average molecular weight is 931 g/mol. The fourth-order valence-electron chi connectivity index (χ4n) is 9.89. The van der Waals surface area contributed by atoms with E-state index in [0.29, 0.717) is 43.8 Å². The molecule has 9 aromatic rings. The molecule has 0 aliphatic carbocycles. The van der Waals surface area contributed by atoms with Crippen molar-refractivity contribution in [1.29, 1.82) is 0 Å². The molecule has 0 bridgehead atoms. The fourth-order valence-corrected chi connectivity index (χ4v) is 9.89. The highest BCUT2D eigenvalue weighted by Gasteiger charge is 2.26. The van der Waals surface area contributed by atoms with E-state index in [0.717, 1.165) is 56.6 Å². The van der Waals surface area contributed by atoms with E-state index in [1.165, 1.54) is 46.5 Å². The van der Waals surface area contributed by atoms with E-state index in [9.17, 15) is 0 Å². The summed E-state index contributed by atoms with van der Waals surface area (Å²) in [4.78, 5) is 0. The number of halogens is 4. The second kappa shape index (κ2) is 17.6. The Morgan fingerprint density at radius 2 is 0.414 bits per heavy atom. The van der Waals surface area contributed by atoms with Gasteiger partial charge in [-0.1, -0.05) is 180 Å². The maximum Gasteiger partial charge on any atom is 0.126 e. The lowest BCUT2D eigenvalue weighted by Crippen LogP contribution is -2.10. The second-order valence-corrected chi connectivity index (χ2v) is 23.3. The van der Waals surface area contributed by atoms with Gasteiger partial charge in [0.15, 0.2) is 0 Å². The minimum Gasteiger partial charge on any atom is -0.207 e. The lowest BCUT2D eigenvalue weighted by molar-refractivity contribution is 0.583. The summed E-state index contributed by atoms with van der Waals surface area (Å²) in [6.45, 7) is 26.2. The number of hydrogen-bond acceptors (Lipinski definition) is 0. The van der Waals surface area contributed by atoms with Gasteiger partial charge in [0.2, 0.25) is 0 Å². The van der Waals surface area contributed by atoms with Crippen molar-refractivity contribution >= 4 is 21.5 Å². The Balaban J connectivity index is 1.51. The fraction of sp³-hybridized carbons (Fsp3) is 0.242. The zero-order valence-corrected chi connectivity index (χ0v) is 42.5. The Hall–Kier alpha value is -6.78. The van der Waals surface area contributed by atoms with Gasteiger partial charge in [0, 0.05) is 12.1 Å². The number of rotatable bonds is 6. The van der Waals surface area contributed by atoms with Gasteiger partial charge in [0.1, 0.15) is 23.3 Å². The smallest absolute Gasteiger partial charge is 0.126 e. The zero-order chi connectivity index (χ0) is 50.2. The summed E-state index contributed by atoms with van der Waals surface area (Å²) < 4.78 is 63.1. The summed E-state index contributed by atoms with van der Waals surface area (Å²) in [5.41, 5.74) is 13.7. The summed E-state index contributed by atoms with van der Waals surface area (Å²) in [6, 6.07) is 50.1. The van der Waals surface area contributed by atoms with Gasteiger partial charge in [-0.2, -0.15) is 0 Å². The standard InChI is InChI=1S/C66H62F4/c1-63(2,3)45-21-13-39(14-22-45)53-35-57-58(36-54(53)40-15-23-46(24-16-40)64(4,5)6)62(44-31-51(69)34-52(70)32-44)60-38-56(42-19-27-48(28-20-42)66(10,11)12)55(41-17-25-47(26-18-41)65(7,8)9)37-59(60)61(57)43-29-49(67)33-50(68)30-43/h13-38H,1-12H3. The molecular formula is C66H62F4. The quantitative estimate of drug-likeness (QED) is 0.115. The lowest BCUT2D eigenvalue weighted by Gasteiger charge is -2.24. The summed E-state index contributed by atoms with van der Waals surface area (Å²) in [5, 5.41) is 2.72. The maximum atomic E-state index is 15.8. The number of benzene rings is 9. The molecule has 0 radical (unpaired) electrons. The van der Waals surface area contributed by atoms with Crippen LogP contribution in [0.4, 0.5) is 17.6 Å². The Morgan fingerprint density at radius 1 is 0.229 bits per heavy atom. The molecule has 0 fully saturated rings. The van der Waals surface area contributed by atoms with Gasteiger partial charge in [0.25, 0.3) is 0 Å². The molecule has 0 N–H and O–H groups in total. The lowest BCUT2D eigenvalue weighted by atomic mass is 9.79. The van der Waals surface area contributed by atoms with E-state index in [1.807, 2.05) is 0 Å². The molecule has 0 aromatic heterocycles. The first-order valence-electron chi connectivity index (χ1n) is 24.3. The van der Waals surface area contributed by atoms with E-state index >= 15 is 17.6 Å². The molecule has 9 rings (SSSR count). The predicted molar refractivity (Wildman–Crippen MR) is 289 cm³/mol. The topological polar surface area (TPSA) is 0 Å². The van der Waals surface area contributed by atoms with Crippen LogP contribution >= 0.6 is 0 Å². The molecule has 70 heavy (non-hydrogen) atoms. The molecule has 0 aliphatic heterocycles. The molecule has 0 heterocycles. The van der Waals surface area contributed by atoms with Gasteiger partial charge in [-0.05, 0) is 181 Å². The Kier molecular flexibility index (Phi) is 12.1. The van der Waals surface area contributed by atoms with E-state index in [-0.39, 0.29) is 21.7 Å². The first-order valence-corrected chi connectivity index (χ1v) is 24.3. The summed E-state index contributed by atoms with van der Waals surface area (Å²) in [6.07, 6.45) is 0. The molecule has 0 nitrogen and oxygen atoms in total. The molecule has 9 aromatic carbocycles. The largest absolute Gasteiger partial charge is 0.207 e. The Morgan fingerprint density at radius 3 is 0.586 bits per heavy atom. The summed E-state index contributed by atoms with van der Waals surface area (Å²) >= 11 is 0. The van der Waals surface area contributed by atoms with Crippen molar-refractivity contribution in [3.05, 3.63) is 203 Å². The van der Waals surface area contributed by atoms with Crippen molar-refractivity contribution in [2.45, 2.75) is 105 Å². The van der Waals surface area contributed by atoms with Crippen LogP contribution in [0.25, 0.3) is 88.3 Å². The number of hydrogen-bond donors (Lipinski definition) is 0. The number of fused-ring (bicyclic) bond motifs is 2. The van der Waals surface area contributed by atoms with Gasteiger partial charge in [-0.25, -0.2) is 17.6 Å². The van der Waals surface area contributed by atoms with Crippen LogP contribution in [0.1, 0.15) is 105 Å². The highest BCUT2D eigenvalue weighted by molar-refractivity contribution is 6.24. The average Bonchev–Trinajstić information content (AvgIpc) is 3.28. The summed E-state index contributed by atoms with van der Waals surface area (Å²) in [7, 11) is 0. The third kappa shape index (κ3) is 9.46. The highest BCUT2D eigenvalue weighted by atomic mass is 19.1. The molecule has 354 valence electrons. The first kappa shape index (κ1) is 48.3. The molecule has 0 spiro atoms. The third-order valence-corrected chi connectivity index (χ3v) is 13.9. The summed E-state index contributed by atoms with van der Waals surface area (Å²) in [5.74, 6) is -2.85. The van der Waals surface area contributed by atoms with Crippen LogP contribution in [0.3, 0.4) is 0 Å². The second-order valence-electron chi connectivity index (χ2n) is 23.3. The Labute approximate surface area is 412 Å². The van der Waals surface area contributed by atoms with E-state index in [1.54, 1.807) is 0 Å². The van der Waals surface area contributed by atoms with Gasteiger partial charge >= 0.3 is 0 Å². The van der Waals surface area contributed by atoms with Crippen molar-refractivity contribution in [2.75, 3.05) is 0 Å². The van der Waals surface area contributed by atoms with Crippen molar-refractivity contribution in [1.82, 2.24) is 0 Å². The van der Waals surface area contributed by atoms with Crippen molar-refractivity contribution in [3.63, 3.8) is 0 Å². The van der Waals surface area contributed by atoms with Gasteiger partial charge in [0.05, 0.1) is 0 Å². The van der Waals surface area contributed by atoms with Gasteiger partial charge in [-0.3, -0.25) is 0 Å². The van der Waals surface area contributed by atoms with E-state index in [2.05, 4.69) is 204 Å². The van der Waals surface area contributed by atoms with Crippen LogP contribution < -0.4 is 0 Å². The monoisotopic (exact) mass is 930 g/mol. The van der Waals surface area contributed by atoms with Crippen LogP contribution in [-0.4, -0.2) is 0 Å². The molecule has 0 amide bonds. The molecule has 0 saturated carbocycles. The van der Waals surface area contributed by atoms with Crippen LogP contribution in [0.5, 0.6) is 0 Å². The zero-order valence-electron chi connectivity index (χ0n) is 42.5. The maximum absolute atomic E-state index is 15.8. The molecule has 0 atom stereocenters. The highest BCUT2D eigenvalue weighted by Crippen LogP contribution is 2.51. The normalized spacial score (nSPS) is 12.6. The Bertz CT molecular complexity index is 2990. The third-order valence-electron chi connectivity index (χ3n) is 13.9. The minimum absolute atomic E-state index is 0.0888. The van der Waals surface area contributed by atoms with Crippen LogP contribution in [0.2, 0.25) is 0 Å². The molecule has 4 heteroatoms. The van der Waals surface area contributed by atoms with Crippen molar-refractivity contribution in [2.24, 2.45) is 0 Å². The minimum atomic E-state index is -0.713.